The van der Waals surface area contributed by atoms with Crippen molar-refractivity contribution < 1.29 is 9.63 Å². The molecule has 1 aliphatic rings. The summed E-state index contributed by atoms with van der Waals surface area (Å²) < 4.78 is 0. The SMILES string of the molecule is O=C(NCc1ccccc1)C1=NO[C@H](Cc2nc3ccccc3[nH]2)C1. The second-order valence-electron chi connectivity index (χ2n) is 6.04. The number of hydrogen-bond acceptors (Lipinski definition) is 4. The van der Waals surface area contributed by atoms with E-state index in [4.69, 9.17) is 4.84 Å². The minimum absolute atomic E-state index is 0.168. The minimum Gasteiger partial charge on any atom is -0.391 e. The van der Waals surface area contributed by atoms with Crippen LogP contribution >= 0.6 is 0 Å². The molecule has 25 heavy (non-hydrogen) atoms. The van der Waals surface area contributed by atoms with Gasteiger partial charge in [0.1, 0.15) is 17.6 Å². The number of imidazole rings is 1. The summed E-state index contributed by atoms with van der Waals surface area (Å²) in [5, 5.41) is 6.82. The molecule has 0 saturated heterocycles. The average Bonchev–Trinajstić information content (AvgIpc) is 3.27. The van der Waals surface area contributed by atoms with Crippen molar-refractivity contribution in [1.82, 2.24) is 15.3 Å². The molecule has 2 N–H and O–H groups in total. The van der Waals surface area contributed by atoms with Gasteiger partial charge in [0.2, 0.25) is 0 Å². The Hall–Kier alpha value is -3.15. The second-order valence-corrected chi connectivity index (χ2v) is 6.04. The van der Waals surface area contributed by atoms with Crippen LogP contribution in [-0.4, -0.2) is 27.7 Å². The molecule has 2 heterocycles. The number of nitrogens with one attached hydrogen (secondary N) is 2. The van der Waals surface area contributed by atoms with Gasteiger partial charge >= 0.3 is 0 Å². The molecule has 1 aliphatic heterocycles. The zero-order valence-electron chi connectivity index (χ0n) is 13.6. The number of amides is 1. The van der Waals surface area contributed by atoms with E-state index in [9.17, 15) is 4.79 Å². The van der Waals surface area contributed by atoms with Gasteiger partial charge < -0.3 is 15.1 Å². The van der Waals surface area contributed by atoms with E-state index in [1.807, 2.05) is 54.6 Å². The number of benzene rings is 2. The van der Waals surface area contributed by atoms with E-state index in [0.717, 1.165) is 22.4 Å². The highest BCUT2D eigenvalue weighted by Crippen LogP contribution is 2.17. The fraction of sp³-hybridized carbons (Fsp3) is 0.211. The molecule has 6 heteroatoms. The number of fused-ring (bicyclic) bond motifs is 1. The predicted molar refractivity (Wildman–Crippen MR) is 95.0 cm³/mol. The molecular formula is C19H18N4O2. The number of aromatic nitrogens is 2. The molecule has 3 aromatic rings. The minimum atomic E-state index is -0.184. The van der Waals surface area contributed by atoms with Crippen molar-refractivity contribution in [1.29, 1.82) is 0 Å². The van der Waals surface area contributed by atoms with E-state index in [2.05, 4.69) is 20.4 Å². The fourth-order valence-electron chi connectivity index (χ4n) is 2.87. The van der Waals surface area contributed by atoms with Gasteiger partial charge in [0.15, 0.2) is 0 Å². The summed E-state index contributed by atoms with van der Waals surface area (Å²) in [5.74, 6) is 0.656. The highest BCUT2D eigenvalue weighted by Gasteiger charge is 2.27. The van der Waals surface area contributed by atoms with Crippen LogP contribution in [0.3, 0.4) is 0 Å². The van der Waals surface area contributed by atoms with E-state index in [-0.39, 0.29) is 12.0 Å². The van der Waals surface area contributed by atoms with Gasteiger partial charge in [-0.15, -0.1) is 0 Å². The first-order valence-electron chi connectivity index (χ1n) is 8.26. The van der Waals surface area contributed by atoms with Crippen LogP contribution in [0.15, 0.2) is 59.8 Å². The molecular weight excluding hydrogens is 316 g/mol. The molecule has 0 aliphatic carbocycles. The Morgan fingerprint density at radius 2 is 1.96 bits per heavy atom. The lowest BCUT2D eigenvalue weighted by molar-refractivity contribution is -0.115. The quantitative estimate of drug-likeness (QED) is 0.752. The third-order valence-corrected chi connectivity index (χ3v) is 4.15. The molecule has 0 radical (unpaired) electrons. The molecule has 6 nitrogen and oxygen atoms in total. The topological polar surface area (TPSA) is 79.4 Å². The highest BCUT2D eigenvalue weighted by atomic mass is 16.6. The van der Waals surface area contributed by atoms with Gasteiger partial charge in [-0.2, -0.15) is 0 Å². The molecule has 126 valence electrons. The van der Waals surface area contributed by atoms with Gasteiger partial charge in [-0.3, -0.25) is 4.79 Å². The van der Waals surface area contributed by atoms with Gasteiger partial charge in [0.05, 0.1) is 11.0 Å². The van der Waals surface area contributed by atoms with E-state index in [1.165, 1.54) is 0 Å². The van der Waals surface area contributed by atoms with Crippen molar-refractivity contribution in [3.05, 3.63) is 66.0 Å². The van der Waals surface area contributed by atoms with Gasteiger partial charge in [-0.05, 0) is 17.7 Å². The summed E-state index contributed by atoms with van der Waals surface area (Å²) in [4.78, 5) is 25.4. The Morgan fingerprint density at radius 1 is 1.16 bits per heavy atom. The molecule has 0 bridgehead atoms. The highest BCUT2D eigenvalue weighted by molar-refractivity contribution is 6.39. The first kappa shape index (κ1) is 15.4. The first-order valence-corrected chi connectivity index (χ1v) is 8.26. The molecule has 1 aromatic heterocycles. The Balaban J connectivity index is 1.32. The van der Waals surface area contributed by atoms with Crippen LogP contribution < -0.4 is 5.32 Å². The number of carbonyl (C=O) groups is 1. The zero-order chi connectivity index (χ0) is 17.1. The monoisotopic (exact) mass is 334 g/mol. The smallest absolute Gasteiger partial charge is 0.269 e. The number of H-pyrrole nitrogens is 1. The van der Waals surface area contributed by atoms with Crippen LogP contribution in [-0.2, 0) is 22.6 Å². The van der Waals surface area contributed by atoms with E-state index in [1.54, 1.807) is 0 Å². The number of nitrogens with zero attached hydrogens (tertiary/aromatic N) is 2. The van der Waals surface area contributed by atoms with Crippen molar-refractivity contribution in [3.63, 3.8) is 0 Å². The molecule has 0 fully saturated rings. The summed E-state index contributed by atoms with van der Waals surface area (Å²) in [7, 11) is 0. The van der Waals surface area contributed by atoms with E-state index < -0.39 is 0 Å². The third-order valence-electron chi connectivity index (χ3n) is 4.15. The number of hydrogen-bond donors (Lipinski definition) is 2. The van der Waals surface area contributed by atoms with Crippen molar-refractivity contribution in [3.8, 4) is 0 Å². The van der Waals surface area contributed by atoms with Crippen LogP contribution in [0.5, 0.6) is 0 Å². The number of aromatic amines is 1. The molecule has 4 rings (SSSR count). The Labute approximate surface area is 144 Å². The Bertz CT molecular complexity index is 884. The van der Waals surface area contributed by atoms with Crippen LogP contribution in [0.25, 0.3) is 11.0 Å². The maximum Gasteiger partial charge on any atom is 0.269 e. The van der Waals surface area contributed by atoms with Crippen molar-refractivity contribution in [2.45, 2.75) is 25.5 Å². The van der Waals surface area contributed by atoms with Crippen LogP contribution in [0.1, 0.15) is 17.8 Å². The number of oxime groups is 1. The third kappa shape index (κ3) is 3.52. The van der Waals surface area contributed by atoms with Crippen LogP contribution in [0.4, 0.5) is 0 Å². The van der Waals surface area contributed by atoms with E-state index >= 15 is 0 Å². The lowest BCUT2D eigenvalue weighted by atomic mass is 10.1. The standard InChI is InChI=1S/C19H18N4O2/c24-19(20-12-13-6-2-1-3-7-13)17-10-14(25-23-17)11-18-21-15-8-4-5-9-16(15)22-18/h1-9,14H,10-12H2,(H,20,24)(H,21,22)/t14-/m0/s1. The largest absolute Gasteiger partial charge is 0.391 e. The zero-order valence-corrected chi connectivity index (χ0v) is 13.6. The fourth-order valence-corrected chi connectivity index (χ4v) is 2.87. The number of para-hydroxylation sites is 2. The summed E-state index contributed by atoms with van der Waals surface area (Å²) in [6.45, 7) is 0.479. The van der Waals surface area contributed by atoms with Crippen LogP contribution in [0.2, 0.25) is 0 Å². The summed E-state index contributed by atoms with van der Waals surface area (Å²) in [6.07, 6.45) is 0.906. The number of carbonyl (C=O) groups excluding carboxylic acids is 1. The van der Waals surface area contributed by atoms with E-state index in [0.29, 0.717) is 25.1 Å². The Kier molecular flexibility index (Phi) is 4.16. The summed E-state index contributed by atoms with van der Waals surface area (Å²) >= 11 is 0. The molecule has 0 unspecified atom stereocenters. The van der Waals surface area contributed by atoms with Crippen molar-refractivity contribution in [2.24, 2.45) is 5.16 Å². The normalized spacial score (nSPS) is 16.5. The summed E-state index contributed by atoms with van der Waals surface area (Å²) in [6, 6.07) is 17.6. The molecule has 1 atom stereocenters. The lowest BCUT2D eigenvalue weighted by Gasteiger charge is -2.06. The van der Waals surface area contributed by atoms with Gasteiger partial charge in [-0.1, -0.05) is 47.6 Å². The Morgan fingerprint density at radius 3 is 2.80 bits per heavy atom. The van der Waals surface area contributed by atoms with Gasteiger partial charge in [-0.25, -0.2) is 4.98 Å². The van der Waals surface area contributed by atoms with Gasteiger partial charge in [0, 0.05) is 19.4 Å². The molecule has 2 aromatic carbocycles. The average molecular weight is 334 g/mol. The van der Waals surface area contributed by atoms with Crippen molar-refractivity contribution in [2.75, 3.05) is 0 Å². The lowest BCUT2D eigenvalue weighted by Crippen LogP contribution is -2.30. The first-order chi connectivity index (χ1) is 12.3. The van der Waals surface area contributed by atoms with Crippen molar-refractivity contribution >= 4 is 22.7 Å². The second kappa shape index (κ2) is 6.76. The summed E-state index contributed by atoms with van der Waals surface area (Å²) in [5.41, 5.74) is 3.40. The maximum atomic E-state index is 12.2. The molecule has 1 amide bonds. The molecule has 0 saturated carbocycles. The predicted octanol–water partition coefficient (Wildman–Crippen LogP) is 2.57. The molecule has 0 spiro atoms. The van der Waals surface area contributed by atoms with Crippen LogP contribution in [0, 0.1) is 0 Å². The van der Waals surface area contributed by atoms with Gasteiger partial charge in [0.25, 0.3) is 5.91 Å². The number of rotatable bonds is 5. The maximum absolute atomic E-state index is 12.2.